The molecular weight excluding hydrogens is 358 g/mol. The number of aromatic nitrogens is 1. The second-order valence-electron chi connectivity index (χ2n) is 5.53. The van der Waals surface area contributed by atoms with Crippen LogP contribution in [-0.2, 0) is 17.1 Å². The molecule has 1 aliphatic rings. The van der Waals surface area contributed by atoms with Gasteiger partial charge in [-0.15, -0.1) is 0 Å². The summed E-state index contributed by atoms with van der Waals surface area (Å²) in [6.45, 7) is 1.70. The van der Waals surface area contributed by atoms with Gasteiger partial charge in [0.05, 0.1) is 6.26 Å². The number of carbonyl (C=O) groups is 1. The van der Waals surface area contributed by atoms with Crippen molar-refractivity contribution in [3.8, 4) is 0 Å². The summed E-state index contributed by atoms with van der Waals surface area (Å²) in [5.41, 5.74) is 0.638. The maximum Gasteiger partial charge on any atom is 0.270 e. The van der Waals surface area contributed by atoms with Crippen molar-refractivity contribution in [1.29, 1.82) is 0 Å². The van der Waals surface area contributed by atoms with Crippen molar-refractivity contribution in [2.24, 2.45) is 13.0 Å². The topological polar surface area (TPSA) is 71.4 Å². The molecular formula is C13H20BrN3O3S. The third-order valence-electron chi connectivity index (χ3n) is 3.63. The molecule has 0 saturated carbocycles. The fourth-order valence-electron chi connectivity index (χ4n) is 2.58. The number of rotatable bonds is 4. The van der Waals surface area contributed by atoms with Gasteiger partial charge in [-0.05, 0) is 40.8 Å². The van der Waals surface area contributed by atoms with E-state index in [0.717, 1.165) is 30.1 Å². The van der Waals surface area contributed by atoms with Crippen molar-refractivity contribution in [1.82, 2.24) is 14.2 Å². The van der Waals surface area contributed by atoms with E-state index in [9.17, 15) is 13.2 Å². The minimum atomic E-state index is -3.18. The Hall–Kier alpha value is -0.860. The molecule has 0 bridgehead atoms. The Morgan fingerprint density at radius 2 is 2.24 bits per heavy atom. The first-order valence-electron chi connectivity index (χ1n) is 6.82. The summed E-state index contributed by atoms with van der Waals surface area (Å²) in [5, 5.41) is 0. The summed E-state index contributed by atoms with van der Waals surface area (Å²) in [4.78, 5) is 14.3. The Morgan fingerprint density at radius 1 is 1.52 bits per heavy atom. The van der Waals surface area contributed by atoms with Gasteiger partial charge in [-0.2, -0.15) is 0 Å². The number of amides is 1. The molecule has 0 aromatic carbocycles. The van der Waals surface area contributed by atoms with Gasteiger partial charge in [0.1, 0.15) is 5.69 Å². The van der Waals surface area contributed by atoms with Crippen LogP contribution in [0, 0.1) is 5.92 Å². The minimum Gasteiger partial charge on any atom is -0.345 e. The number of nitrogens with one attached hydrogen (secondary N) is 1. The van der Waals surface area contributed by atoms with Crippen LogP contribution >= 0.6 is 15.9 Å². The summed E-state index contributed by atoms with van der Waals surface area (Å²) in [7, 11) is -1.34. The normalized spacial score (nSPS) is 19.8. The van der Waals surface area contributed by atoms with E-state index in [1.165, 1.54) is 0 Å². The van der Waals surface area contributed by atoms with Crippen LogP contribution in [0.15, 0.2) is 16.7 Å². The van der Waals surface area contributed by atoms with E-state index < -0.39 is 10.0 Å². The largest absolute Gasteiger partial charge is 0.345 e. The molecule has 6 nitrogen and oxygen atoms in total. The highest BCUT2D eigenvalue weighted by Gasteiger charge is 2.26. The van der Waals surface area contributed by atoms with Crippen LogP contribution in [0.3, 0.4) is 0 Å². The number of aryl methyl sites for hydroxylation is 1. The van der Waals surface area contributed by atoms with Crippen molar-refractivity contribution in [2.75, 3.05) is 25.9 Å². The maximum atomic E-state index is 12.5. The average Bonchev–Trinajstić information content (AvgIpc) is 2.74. The SMILES string of the molecule is Cn1cc(Br)cc1C(=O)N1CCCC(CNS(C)(=O)=O)C1. The Balaban J connectivity index is 2.00. The van der Waals surface area contributed by atoms with E-state index in [-0.39, 0.29) is 11.8 Å². The highest BCUT2D eigenvalue weighted by molar-refractivity contribution is 9.10. The van der Waals surface area contributed by atoms with Crippen molar-refractivity contribution >= 4 is 31.9 Å². The first-order chi connectivity index (χ1) is 9.76. The number of hydrogen-bond acceptors (Lipinski definition) is 3. The molecule has 8 heteroatoms. The quantitative estimate of drug-likeness (QED) is 0.856. The predicted octanol–water partition coefficient (Wildman–Crippen LogP) is 1.19. The zero-order chi connectivity index (χ0) is 15.6. The lowest BCUT2D eigenvalue weighted by atomic mass is 9.98. The van der Waals surface area contributed by atoms with Crippen molar-refractivity contribution in [3.05, 3.63) is 22.4 Å². The molecule has 1 unspecified atom stereocenters. The molecule has 1 aromatic heterocycles. The predicted molar refractivity (Wildman–Crippen MR) is 84.6 cm³/mol. The number of piperidine rings is 1. The molecule has 1 aliphatic heterocycles. The van der Waals surface area contributed by atoms with E-state index in [0.29, 0.717) is 18.8 Å². The van der Waals surface area contributed by atoms with Gasteiger partial charge in [-0.3, -0.25) is 4.79 Å². The number of sulfonamides is 1. The average molecular weight is 378 g/mol. The molecule has 21 heavy (non-hydrogen) atoms. The van der Waals surface area contributed by atoms with Crippen LogP contribution in [0.25, 0.3) is 0 Å². The lowest BCUT2D eigenvalue weighted by molar-refractivity contribution is 0.0666. The molecule has 0 radical (unpaired) electrons. The Morgan fingerprint density at radius 3 is 2.81 bits per heavy atom. The van der Waals surface area contributed by atoms with Crippen molar-refractivity contribution < 1.29 is 13.2 Å². The maximum absolute atomic E-state index is 12.5. The van der Waals surface area contributed by atoms with Gasteiger partial charge in [0.15, 0.2) is 0 Å². The highest BCUT2D eigenvalue weighted by Crippen LogP contribution is 2.20. The highest BCUT2D eigenvalue weighted by atomic mass is 79.9. The molecule has 1 atom stereocenters. The lowest BCUT2D eigenvalue weighted by Gasteiger charge is -2.32. The second kappa shape index (κ2) is 6.50. The van der Waals surface area contributed by atoms with Gasteiger partial charge in [0.25, 0.3) is 5.91 Å². The van der Waals surface area contributed by atoms with Crippen LogP contribution in [0.5, 0.6) is 0 Å². The number of hydrogen-bond donors (Lipinski definition) is 1. The number of likely N-dealkylation sites (tertiary alicyclic amines) is 1. The minimum absolute atomic E-state index is 0.00717. The molecule has 2 rings (SSSR count). The van der Waals surface area contributed by atoms with Gasteiger partial charge in [-0.1, -0.05) is 0 Å². The molecule has 118 valence electrons. The van der Waals surface area contributed by atoms with Gasteiger partial charge >= 0.3 is 0 Å². The first kappa shape index (κ1) is 16.5. The van der Waals surface area contributed by atoms with Crippen LogP contribution in [-0.4, -0.2) is 49.7 Å². The fourth-order valence-corrected chi connectivity index (χ4v) is 3.65. The van der Waals surface area contributed by atoms with E-state index in [4.69, 9.17) is 0 Å². The zero-order valence-corrected chi connectivity index (χ0v) is 14.6. The summed E-state index contributed by atoms with van der Waals surface area (Å²) < 4.78 is 27.5. The van der Waals surface area contributed by atoms with Gasteiger partial charge in [0, 0.05) is 37.4 Å². The molecule has 2 heterocycles. The monoisotopic (exact) mass is 377 g/mol. The summed E-state index contributed by atoms with van der Waals surface area (Å²) in [6, 6.07) is 1.81. The third-order valence-corrected chi connectivity index (χ3v) is 4.76. The van der Waals surface area contributed by atoms with Crippen molar-refractivity contribution in [2.45, 2.75) is 12.8 Å². The van der Waals surface area contributed by atoms with Gasteiger partial charge in [0.2, 0.25) is 10.0 Å². The second-order valence-corrected chi connectivity index (χ2v) is 8.28. The van der Waals surface area contributed by atoms with Gasteiger partial charge < -0.3 is 9.47 Å². The Kier molecular flexibility index (Phi) is 5.11. The zero-order valence-electron chi connectivity index (χ0n) is 12.2. The molecule has 1 aromatic rings. The molecule has 0 aliphatic carbocycles. The van der Waals surface area contributed by atoms with Crippen LogP contribution in [0.1, 0.15) is 23.3 Å². The molecule has 1 N–H and O–H groups in total. The summed E-state index contributed by atoms with van der Waals surface area (Å²) in [6.07, 6.45) is 4.83. The molecule has 1 amide bonds. The van der Waals surface area contributed by atoms with E-state index in [2.05, 4.69) is 20.7 Å². The van der Waals surface area contributed by atoms with E-state index in [1.54, 1.807) is 15.5 Å². The standard InChI is InChI=1S/C13H20BrN3O3S/c1-16-9-11(14)6-12(16)13(18)17-5-3-4-10(8-17)7-15-21(2,19)20/h6,9-10,15H,3-5,7-8H2,1-2H3. The number of nitrogens with zero attached hydrogens (tertiary/aromatic N) is 2. The van der Waals surface area contributed by atoms with Crippen LogP contribution in [0.4, 0.5) is 0 Å². The van der Waals surface area contributed by atoms with E-state index in [1.807, 2.05) is 13.2 Å². The van der Waals surface area contributed by atoms with E-state index >= 15 is 0 Å². The van der Waals surface area contributed by atoms with Crippen molar-refractivity contribution in [3.63, 3.8) is 0 Å². The van der Waals surface area contributed by atoms with Gasteiger partial charge in [-0.25, -0.2) is 13.1 Å². The molecule has 1 saturated heterocycles. The lowest BCUT2D eigenvalue weighted by Crippen LogP contribution is -2.44. The first-order valence-corrected chi connectivity index (χ1v) is 9.50. The Labute approximate surface area is 133 Å². The smallest absolute Gasteiger partial charge is 0.270 e. The summed E-state index contributed by atoms with van der Waals surface area (Å²) in [5.74, 6) is 0.161. The van der Waals surface area contributed by atoms with Crippen LogP contribution in [0.2, 0.25) is 0 Å². The fraction of sp³-hybridized carbons (Fsp3) is 0.615. The number of halogens is 1. The number of carbonyl (C=O) groups excluding carboxylic acids is 1. The Bertz CT molecular complexity index is 627. The third kappa shape index (κ3) is 4.55. The summed E-state index contributed by atoms with van der Waals surface area (Å²) >= 11 is 3.37. The molecule has 1 fully saturated rings. The molecule has 0 spiro atoms. The van der Waals surface area contributed by atoms with Crippen LogP contribution < -0.4 is 4.72 Å².